The highest BCUT2D eigenvalue weighted by molar-refractivity contribution is 5.75. The molecule has 19 heavy (non-hydrogen) atoms. The normalized spacial score (nSPS) is 27.9. The van der Waals surface area contributed by atoms with Crippen molar-refractivity contribution in [3.8, 4) is 0 Å². The van der Waals surface area contributed by atoms with Crippen molar-refractivity contribution in [1.29, 1.82) is 0 Å². The maximum absolute atomic E-state index is 11.9. The second-order valence-electron chi connectivity index (χ2n) is 6.12. The fourth-order valence-corrected chi connectivity index (χ4v) is 2.37. The monoisotopic (exact) mass is 271 g/mol. The van der Waals surface area contributed by atoms with Gasteiger partial charge in [0, 0.05) is 0 Å². The third-order valence-corrected chi connectivity index (χ3v) is 4.25. The van der Waals surface area contributed by atoms with E-state index < -0.39 is 17.3 Å². The molecule has 1 saturated carbocycles. The van der Waals surface area contributed by atoms with Gasteiger partial charge in [0.05, 0.1) is 17.4 Å². The van der Waals surface area contributed by atoms with E-state index in [4.69, 9.17) is 4.84 Å². The lowest BCUT2D eigenvalue weighted by atomic mass is 9.77. The van der Waals surface area contributed by atoms with Crippen molar-refractivity contribution in [3.63, 3.8) is 0 Å². The number of rotatable bonds is 5. The van der Waals surface area contributed by atoms with Gasteiger partial charge in [0.25, 0.3) is 0 Å². The van der Waals surface area contributed by atoms with Crippen LogP contribution >= 0.6 is 0 Å². The molecule has 3 atom stereocenters. The lowest BCUT2D eigenvalue weighted by Gasteiger charge is -2.34. The summed E-state index contributed by atoms with van der Waals surface area (Å²) in [6, 6.07) is -0.294. The molecule has 5 nitrogen and oxygen atoms in total. The molecular weight excluding hydrogens is 246 g/mol. The summed E-state index contributed by atoms with van der Waals surface area (Å²) in [4.78, 5) is 28.3. The quantitative estimate of drug-likeness (QED) is 0.751. The number of hydroxylamine groups is 1. The minimum atomic E-state index is -0.824. The highest BCUT2D eigenvalue weighted by Crippen LogP contribution is 2.30. The summed E-state index contributed by atoms with van der Waals surface area (Å²) in [6.45, 7) is 7.48. The zero-order chi connectivity index (χ0) is 14.6. The zero-order valence-corrected chi connectivity index (χ0v) is 12.2. The molecule has 1 aliphatic rings. The molecule has 2 N–H and O–H groups in total. The largest absolute Gasteiger partial charge is 0.481 e. The first-order valence-electron chi connectivity index (χ1n) is 6.99. The number of carboxylic acids is 1. The molecule has 0 radical (unpaired) electrons. The van der Waals surface area contributed by atoms with Gasteiger partial charge in [-0.1, -0.05) is 20.3 Å². The molecule has 0 spiro atoms. The summed E-state index contributed by atoms with van der Waals surface area (Å²) in [6.07, 6.45) is 3.26. The number of carboxylic acid groups (broad SMARTS) is 1. The van der Waals surface area contributed by atoms with Crippen molar-refractivity contribution in [3.05, 3.63) is 0 Å². The van der Waals surface area contributed by atoms with E-state index >= 15 is 0 Å². The molecule has 0 aliphatic heterocycles. The minimum Gasteiger partial charge on any atom is -0.481 e. The first-order valence-corrected chi connectivity index (χ1v) is 6.99. The Labute approximate surface area is 114 Å². The Kier molecular flexibility index (Phi) is 5.35. The standard InChI is InChI=1S/C14H25NO4/c1-5-14(3,4)13(18)19-15-10-8-6-7-9(2)11(10)12(16)17/h9-11,15H,5-8H2,1-4H3,(H,16,17). The van der Waals surface area contributed by atoms with Gasteiger partial charge in [0.15, 0.2) is 0 Å². The van der Waals surface area contributed by atoms with E-state index in [-0.39, 0.29) is 17.9 Å². The van der Waals surface area contributed by atoms with Gasteiger partial charge in [-0.25, -0.2) is 4.79 Å². The van der Waals surface area contributed by atoms with Crippen molar-refractivity contribution in [2.45, 2.75) is 59.4 Å². The molecule has 0 heterocycles. The number of carbonyl (C=O) groups is 2. The summed E-state index contributed by atoms with van der Waals surface area (Å²) < 4.78 is 0. The Morgan fingerprint density at radius 1 is 1.37 bits per heavy atom. The van der Waals surface area contributed by atoms with Crippen LogP contribution in [0.2, 0.25) is 0 Å². The smallest absolute Gasteiger partial charge is 0.330 e. The van der Waals surface area contributed by atoms with Crippen molar-refractivity contribution in [2.75, 3.05) is 0 Å². The Balaban J connectivity index is 2.60. The lowest BCUT2D eigenvalue weighted by Crippen LogP contribution is -2.47. The second-order valence-corrected chi connectivity index (χ2v) is 6.12. The van der Waals surface area contributed by atoms with Gasteiger partial charge in [-0.05, 0) is 39.0 Å². The fraction of sp³-hybridized carbons (Fsp3) is 0.857. The van der Waals surface area contributed by atoms with E-state index in [2.05, 4.69) is 5.48 Å². The van der Waals surface area contributed by atoms with Crippen LogP contribution in [0.5, 0.6) is 0 Å². The van der Waals surface area contributed by atoms with Crippen LogP contribution in [0.3, 0.4) is 0 Å². The molecular formula is C14H25NO4. The number of hydrogen-bond donors (Lipinski definition) is 2. The summed E-state index contributed by atoms with van der Waals surface area (Å²) in [5.41, 5.74) is 2.14. The van der Waals surface area contributed by atoms with Crippen LogP contribution in [0.25, 0.3) is 0 Å². The summed E-state index contributed by atoms with van der Waals surface area (Å²) in [5.74, 6) is -1.55. The molecule has 0 aromatic rings. The average Bonchev–Trinajstić information content (AvgIpc) is 2.35. The van der Waals surface area contributed by atoms with E-state index in [9.17, 15) is 14.7 Å². The maximum Gasteiger partial charge on any atom is 0.330 e. The topological polar surface area (TPSA) is 75.6 Å². The molecule has 1 fully saturated rings. The van der Waals surface area contributed by atoms with Crippen LogP contribution in [0, 0.1) is 17.3 Å². The molecule has 0 saturated heterocycles. The summed E-state index contributed by atoms with van der Waals surface area (Å²) >= 11 is 0. The number of aliphatic carboxylic acids is 1. The Morgan fingerprint density at radius 3 is 2.53 bits per heavy atom. The summed E-state index contributed by atoms with van der Waals surface area (Å²) in [5, 5.41) is 9.27. The zero-order valence-electron chi connectivity index (χ0n) is 12.2. The maximum atomic E-state index is 11.9. The van der Waals surface area contributed by atoms with Gasteiger partial charge in [0.2, 0.25) is 0 Å². The van der Waals surface area contributed by atoms with E-state index in [0.29, 0.717) is 6.42 Å². The van der Waals surface area contributed by atoms with E-state index in [1.54, 1.807) is 0 Å². The van der Waals surface area contributed by atoms with Crippen molar-refractivity contribution in [1.82, 2.24) is 5.48 Å². The van der Waals surface area contributed by atoms with Crippen molar-refractivity contribution < 1.29 is 19.5 Å². The molecule has 3 unspecified atom stereocenters. The highest BCUT2D eigenvalue weighted by atomic mass is 16.7. The third-order valence-electron chi connectivity index (χ3n) is 4.25. The van der Waals surface area contributed by atoms with Gasteiger partial charge in [-0.3, -0.25) is 4.79 Å². The molecule has 110 valence electrons. The molecule has 1 aliphatic carbocycles. The van der Waals surface area contributed by atoms with Crippen molar-refractivity contribution >= 4 is 11.9 Å². The van der Waals surface area contributed by atoms with Gasteiger partial charge >= 0.3 is 11.9 Å². The first kappa shape index (κ1) is 16.0. The van der Waals surface area contributed by atoms with Gasteiger partial charge in [-0.2, -0.15) is 0 Å². The molecule has 0 amide bonds. The van der Waals surface area contributed by atoms with E-state index in [1.165, 1.54) is 0 Å². The van der Waals surface area contributed by atoms with Gasteiger partial charge < -0.3 is 9.94 Å². The Bertz CT molecular complexity index is 340. The van der Waals surface area contributed by atoms with Gasteiger partial charge in [-0.15, -0.1) is 5.48 Å². The molecule has 0 aromatic heterocycles. The summed E-state index contributed by atoms with van der Waals surface area (Å²) in [7, 11) is 0. The second kappa shape index (κ2) is 6.37. The average molecular weight is 271 g/mol. The fourth-order valence-electron chi connectivity index (χ4n) is 2.37. The van der Waals surface area contributed by atoms with Gasteiger partial charge in [0.1, 0.15) is 0 Å². The number of carbonyl (C=O) groups excluding carboxylic acids is 1. The van der Waals surface area contributed by atoms with Crippen LogP contribution in [0.4, 0.5) is 0 Å². The molecule has 1 rings (SSSR count). The predicted molar refractivity (Wildman–Crippen MR) is 71.2 cm³/mol. The third kappa shape index (κ3) is 3.93. The highest BCUT2D eigenvalue weighted by Gasteiger charge is 2.37. The lowest BCUT2D eigenvalue weighted by molar-refractivity contribution is -0.169. The number of hydrogen-bond acceptors (Lipinski definition) is 4. The van der Waals surface area contributed by atoms with E-state index in [1.807, 2.05) is 27.7 Å². The van der Waals surface area contributed by atoms with Crippen LogP contribution < -0.4 is 5.48 Å². The first-order chi connectivity index (χ1) is 8.79. The van der Waals surface area contributed by atoms with Crippen LogP contribution in [0.1, 0.15) is 53.4 Å². The van der Waals surface area contributed by atoms with Crippen molar-refractivity contribution in [2.24, 2.45) is 17.3 Å². The van der Waals surface area contributed by atoms with Crippen LogP contribution in [-0.4, -0.2) is 23.1 Å². The Morgan fingerprint density at radius 2 is 2.00 bits per heavy atom. The minimum absolute atomic E-state index is 0.0987. The SMILES string of the molecule is CCC(C)(C)C(=O)ONC1CCCC(C)C1C(=O)O. The number of nitrogens with one attached hydrogen (secondary N) is 1. The predicted octanol–water partition coefficient (Wildman–Crippen LogP) is 2.36. The van der Waals surface area contributed by atoms with Crippen LogP contribution in [-0.2, 0) is 14.4 Å². The Hall–Kier alpha value is -1.10. The van der Waals surface area contributed by atoms with Crippen LogP contribution in [0.15, 0.2) is 0 Å². The molecule has 0 bridgehead atoms. The molecule has 5 heteroatoms. The van der Waals surface area contributed by atoms with E-state index in [0.717, 1.165) is 19.3 Å². The molecule has 0 aromatic carbocycles.